The number of nitrogens with one attached hydrogen (secondary N) is 1. The number of anilines is 1. The van der Waals surface area contributed by atoms with Gasteiger partial charge in [0.15, 0.2) is 0 Å². The Morgan fingerprint density at radius 1 is 1.30 bits per heavy atom. The van der Waals surface area contributed by atoms with E-state index in [1.807, 2.05) is 0 Å². The molecule has 1 heterocycles. The van der Waals surface area contributed by atoms with Crippen molar-refractivity contribution in [3.05, 3.63) is 22.7 Å². The number of amides is 1. The summed E-state index contributed by atoms with van der Waals surface area (Å²) in [4.78, 5) is 17.2. The fourth-order valence-electron chi connectivity index (χ4n) is 3.08. The van der Waals surface area contributed by atoms with Crippen molar-refractivity contribution >= 4 is 23.2 Å². The maximum Gasteiger partial charge on any atom is 0.255 e. The van der Waals surface area contributed by atoms with Crippen molar-refractivity contribution < 1.29 is 9.53 Å². The Balaban J connectivity index is 2.25. The van der Waals surface area contributed by atoms with Crippen LogP contribution < -0.4 is 15.8 Å². The molecule has 2 rings (SSSR count). The molecule has 1 amide bonds. The molecule has 0 atom stereocenters. The van der Waals surface area contributed by atoms with Crippen LogP contribution in [0, 0.1) is 0 Å². The van der Waals surface area contributed by atoms with Crippen LogP contribution in [-0.4, -0.2) is 68.6 Å². The van der Waals surface area contributed by atoms with E-state index in [2.05, 4.69) is 36.1 Å². The molecule has 1 fully saturated rings. The van der Waals surface area contributed by atoms with Gasteiger partial charge in [-0.15, -0.1) is 0 Å². The molecule has 0 radical (unpaired) electrons. The first-order valence-corrected chi connectivity index (χ1v) is 7.94. The van der Waals surface area contributed by atoms with Gasteiger partial charge in [-0.1, -0.05) is 11.6 Å². The van der Waals surface area contributed by atoms with Crippen LogP contribution in [0.2, 0.25) is 5.02 Å². The van der Waals surface area contributed by atoms with Gasteiger partial charge in [0.2, 0.25) is 0 Å². The molecule has 0 saturated carbocycles. The maximum atomic E-state index is 12.8. The fourth-order valence-corrected chi connectivity index (χ4v) is 3.24. The Hall–Kier alpha value is -1.50. The first kappa shape index (κ1) is 17.8. The van der Waals surface area contributed by atoms with Crippen LogP contribution in [0.3, 0.4) is 0 Å². The van der Waals surface area contributed by atoms with Gasteiger partial charge in [0.05, 0.1) is 28.9 Å². The highest BCUT2D eigenvalue weighted by Gasteiger charge is 2.33. The van der Waals surface area contributed by atoms with Crippen molar-refractivity contribution in [3.8, 4) is 5.75 Å². The molecule has 0 aromatic heterocycles. The van der Waals surface area contributed by atoms with Gasteiger partial charge in [-0.05, 0) is 27.1 Å². The summed E-state index contributed by atoms with van der Waals surface area (Å²) in [5, 5.41) is 3.48. The summed E-state index contributed by atoms with van der Waals surface area (Å²) in [7, 11) is 5.63. The van der Waals surface area contributed by atoms with E-state index in [9.17, 15) is 4.79 Å². The number of nitrogens with zero attached hydrogens (tertiary/aromatic N) is 2. The molecule has 1 saturated heterocycles. The standard InChI is InChI=1S/C16H25ClN4O2/c1-16(9-20(2)5-6-21(3)10-16)19-15(22)11-7-12(17)13(18)8-14(11)23-4/h7-8H,5-6,9-10,18H2,1-4H3,(H,19,22). The largest absolute Gasteiger partial charge is 0.496 e. The zero-order valence-corrected chi connectivity index (χ0v) is 14.9. The van der Waals surface area contributed by atoms with E-state index < -0.39 is 0 Å². The SMILES string of the molecule is COc1cc(N)c(Cl)cc1C(=O)NC1(C)CN(C)CCN(C)C1. The minimum Gasteiger partial charge on any atom is -0.496 e. The second-order valence-electron chi connectivity index (χ2n) is 6.56. The number of benzene rings is 1. The van der Waals surface area contributed by atoms with Crippen LogP contribution in [0.5, 0.6) is 5.75 Å². The average Bonchev–Trinajstić information content (AvgIpc) is 2.58. The molecule has 23 heavy (non-hydrogen) atoms. The van der Waals surface area contributed by atoms with Gasteiger partial charge in [-0.2, -0.15) is 0 Å². The first-order valence-electron chi connectivity index (χ1n) is 7.57. The zero-order valence-electron chi connectivity index (χ0n) is 14.1. The fraction of sp³-hybridized carbons (Fsp3) is 0.562. The Bertz CT molecular complexity index is 582. The predicted octanol–water partition coefficient (Wildman–Crippen LogP) is 1.30. The summed E-state index contributed by atoms with van der Waals surface area (Å²) in [6.45, 7) is 5.54. The third kappa shape index (κ3) is 4.28. The van der Waals surface area contributed by atoms with Crippen molar-refractivity contribution in [2.45, 2.75) is 12.5 Å². The highest BCUT2D eigenvalue weighted by Crippen LogP contribution is 2.29. The molecule has 6 nitrogen and oxygen atoms in total. The molecule has 0 bridgehead atoms. The summed E-state index contributed by atoms with van der Waals surface area (Å²) < 4.78 is 5.27. The number of likely N-dealkylation sites (N-methyl/N-ethyl adjacent to an activating group) is 2. The van der Waals surface area contributed by atoms with Crippen LogP contribution in [-0.2, 0) is 0 Å². The molecular weight excluding hydrogens is 316 g/mol. The number of ether oxygens (including phenoxy) is 1. The van der Waals surface area contributed by atoms with E-state index in [4.69, 9.17) is 22.1 Å². The Morgan fingerprint density at radius 3 is 2.39 bits per heavy atom. The molecule has 3 N–H and O–H groups in total. The Morgan fingerprint density at radius 2 is 1.87 bits per heavy atom. The average molecular weight is 341 g/mol. The van der Waals surface area contributed by atoms with Crippen LogP contribution in [0.1, 0.15) is 17.3 Å². The van der Waals surface area contributed by atoms with Crippen LogP contribution in [0.25, 0.3) is 0 Å². The quantitative estimate of drug-likeness (QED) is 0.811. The smallest absolute Gasteiger partial charge is 0.255 e. The monoisotopic (exact) mass is 340 g/mol. The lowest BCUT2D eigenvalue weighted by molar-refractivity contribution is 0.0877. The summed E-state index contributed by atoms with van der Waals surface area (Å²) >= 11 is 6.06. The Labute approximate surface area is 142 Å². The molecule has 1 aliphatic rings. The van der Waals surface area contributed by atoms with Gasteiger partial charge < -0.3 is 25.6 Å². The molecule has 1 aliphatic heterocycles. The van der Waals surface area contributed by atoms with E-state index in [0.29, 0.717) is 22.0 Å². The summed E-state index contributed by atoms with van der Waals surface area (Å²) in [5.74, 6) is 0.207. The minimum atomic E-state index is -0.365. The van der Waals surface area contributed by atoms with E-state index in [-0.39, 0.29) is 11.4 Å². The third-order valence-corrected chi connectivity index (χ3v) is 4.41. The number of hydrogen-bond donors (Lipinski definition) is 2. The van der Waals surface area contributed by atoms with E-state index in [1.165, 1.54) is 7.11 Å². The van der Waals surface area contributed by atoms with Crippen molar-refractivity contribution in [3.63, 3.8) is 0 Å². The number of hydrogen-bond acceptors (Lipinski definition) is 5. The van der Waals surface area contributed by atoms with Crippen molar-refractivity contribution in [2.24, 2.45) is 0 Å². The molecule has 1 aromatic rings. The van der Waals surface area contributed by atoms with E-state index in [1.54, 1.807) is 12.1 Å². The lowest BCUT2D eigenvalue weighted by Gasteiger charge is -2.34. The van der Waals surface area contributed by atoms with Gasteiger partial charge in [0.25, 0.3) is 5.91 Å². The third-order valence-electron chi connectivity index (χ3n) is 4.08. The van der Waals surface area contributed by atoms with Gasteiger partial charge in [0.1, 0.15) is 5.75 Å². The number of carbonyl (C=O) groups is 1. The lowest BCUT2D eigenvalue weighted by atomic mass is 10.0. The van der Waals surface area contributed by atoms with Gasteiger partial charge in [-0.25, -0.2) is 0 Å². The van der Waals surface area contributed by atoms with Gasteiger partial charge in [0, 0.05) is 32.2 Å². The lowest BCUT2D eigenvalue weighted by Crippen LogP contribution is -2.56. The number of carbonyl (C=O) groups excluding carboxylic acids is 1. The number of nitrogens with two attached hydrogens (primary N) is 1. The van der Waals surface area contributed by atoms with Crippen molar-refractivity contribution in [1.29, 1.82) is 0 Å². The Kier molecular flexibility index (Phi) is 5.39. The number of halogens is 1. The number of methoxy groups -OCH3 is 1. The second-order valence-corrected chi connectivity index (χ2v) is 6.97. The second kappa shape index (κ2) is 6.95. The molecule has 1 aromatic carbocycles. The van der Waals surface area contributed by atoms with Crippen LogP contribution in [0.4, 0.5) is 5.69 Å². The minimum absolute atomic E-state index is 0.213. The van der Waals surface area contributed by atoms with Crippen molar-refractivity contribution in [1.82, 2.24) is 15.1 Å². The molecule has 128 valence electrons. The molecule has 7 heteroatoms. The highest BCUT2D eigenvalue weighted by molar-refractivity contribution is 6.33. The van der Waals surface area contributed by atoms with Gasteiger partial charge in [-0.3, -0.25) is 4.79 Å². The maximum absolute atomic E-state index is 12.8. The molecule has 0 unspecified atom stereocenters. The molecular formula is C16H25ClN4O2. The van der Waals surface area contributed by atoms with Crippen molar-refractivity contribution in [2.75, 3.05) is 53.1 Å². The van der Waals surface area contributed by atoms with Crippen LogP contribution in [0.15, 0.2) is 12.1 Å². The molecule has 0 aliphatic carbocycles. The predicted molar refractivity (Wildman–Crippen MR) is 93.3 cm³/mol. The molecule has 0 spiro atoms. The number of rotatable bonds is 3. The topological polar surface area (TPSA) is 70.8 Å². The number of nitrogen functional groups attached to an aromatic ring is 1. The summed E-state index contributed by atoms with van der Waals surface area (Å²) in [6.07, 6.45) is 0. The summed E-state index contributed by atoms with van der Waals surface area (Å²) in [6, 6.07) is 3.13. The normalized spacial score (nSPS) is 19.2. The van der Waals surface area contributed by atoms with Crippen LogP contribution >= 0.6 is 11.6 Å². The summed E-state index contributed by atoms with van der Waals surface area (Å²) in [5.41, 5.74) is 6.19. The first-order chi connectivity index (χ1) is 10.7. The zero-order chi connectivity index (χ0) is 17.2. The van der Waals surface area contributed by atoms with E-state index >= 15 is 0 Å². The van der Waals surface area contributed by atoms with E-state index in [0.717, 1.165) is 26.2 Å². The highest BCUT2D eigenvalue weighted by atomic mass is 35.5. The van der Waals surface area contributed by atoms with Gasteiger partial charge >= 0.3 is 0 Å².